The first-order valence-electron chi connectivity index (χ1n) is 14.1. The lowest BCUT2D eigenvalue weighted by Gasteiger charge is -2.33. The van der Waals surface area contributed by atoms with Gasteiger partial charge in [-0.1, -0.05) is 37.5 Å². The molecule has 0 spiro atoms. The molecule has 1 heterocycles. The lowest BCUT2D eigenvalue weighted by Crippen LogP contribution is -2.47. The maximum atomic E-state index is 13.8. The number of alkyl halides is 4. The zero-order valence-corrected chi connectivity index (χ0v) is 23.8. The van der Waals surface area contributed by atoms with Crippen LogP contribution in [0.25, 0.3) is 0 Å². The van der Waals surface area contributed by atoms with Crippen LogP contribution in [-0.4, -0.2) is 68.1 Å². The van der Waals surface area contributed by atoms with Crippen molar-refractivity contribution in [3.8, 4) is 5.75 Å². The van der Waals surface area contributed by atoms with Gasteiger partial charge in [0.1, 0.15) is 17.7 Å². The summed E-state index contributed by atoms with van der Waals surface area (Å²) < 4.78 is 51.9. The number of ether oxygens (including phenoxy) is 2. The van der Waals surface area contributed by atoms with Crippen LogP contribution in [0.1, 0.15) is 55.7 Å². The highest BCUT2D eigenvalue weighted by atomic mass is 35.5. The number of nitrogens with zero attached hydrogens (tertiary/aromatic N) is 2. The molecule has 11 heteroatoms. The lowest BCUT2D eigenvalue weighted by atomic mass is 9.94. The van der Waals surface area contributed by atoms with Crippen LogP contribution in [0.2, 0.25) is 0 Å². The van der Waals surface area contributed by atoms with Crippen molar-refractivity contribution in [2.45, 2.75) is 56.8 Å². The molecule has 224 valence electrons. The standard InChI is InChI=1S/C30H37ClF3N3O4/c31-21-27(38)37(25-9-4-6-23(20-25)30(32,33)34)28(29(39)35-24-7-2-1-3-8-24)22-10-12-26(13-11-22)41-17-5-14-36-15-18-40-19-16-36/h4,6,9-13,20,24,28H,1-3,5,7-8,14-19,21H2,(H,35,39). The molecule has 1 aliphatic carbocycles. The summed E-state index contributed by atoms with van der Waals surface area (Å²) in [6.45, 7) is 4.69. The van der Waals surface area contributed by atoms with E-state index in [9.17, 15) is 22.8 Å². The van der Waals surface area contributed by atoms with Gasteiger partial charge in [-0.25, -0.2) is 0 Å². The zero-order valence-electron chi connectivity index (χ0n) is 23.0. The molecular weight excluding hydrogens is 559 g/mol. The van der Waals surface area contributed by atoms with E-state index in [2.05, 4.69) is 10.2 Å². The number of nitrogens with one attached hydrogen (secondary N) is 1. The van der Waals surface area contributed by atoms with Crippen LogP contribution in [0.3, 0.4) is 0 Å². The maximum Gasteiger partial charge on any atom is 0.416 e. The molecule has 0 aromatic heterocycles. The van der Waals surface area contributed by atoms with Gasteiger partial charge in [0.25, 0.3) is 0 Å². The number of benzene rings is 2. The Morgan fingerprint density at radius 2 is 1.78 bits per heavy atom. The zero-order chi connectivity index (χ0) is 29.2. The predicted molar refractivity (Wildman–Crippen MR) is 151 cm³/mol. The number of morpholine rings is 1. The minimum absolute atomic E-state index is 0.0577. The Morgan fingerprint density at radius 3 is 2.44 bits per heavy atom. The molecule has 0 bridgehead atoms. The molecule has 1 aliphatic heterocycles. The van der Waals surface area contributed by atoms with E-state index in [4.69, 9.17) is 21.1 Å². The molecule has 0 radical (unpaired) electrons. The van der Waals surface area contributed by atoms with E-state index >= 15 is 0 Å². The number of hydrogen-bond acceptors (Lipinski definition) is 5. The largest absolute Gasteiger partial charge is 0.494 e. The number of hydrogen-bond donors (Lipinski definition) is 1. The summed E-state index contributed by atoms with van der Waals surface area (Å²) >= 11 is 5.93. The fourth-order valence-corrected chi connectivity index (χ4v) is 5.46. The van der Waals surface area contributed by atoms with Crippen LogP contribution in [0, 0.1) is 0 Å². The summed E-state index contributed by atoms with van der Waals surface area (Å²) in [6, 6.07) is 9.87. The molecule has 2 fully saturated rings. The van der Waals surface area contributed by atoms with Crippen LogP contribution < -0.4 is 15.0 Å². The molecule has 41 heavy (non-hydrogen) atoms. The van der Waals surface area contributed by atoms with Gasteiger partial charge in [-0.2, -0.15) is 13.2 Å². The molecule has 1 saturated carbocycles. The van der Waals surface area contributed by atoms with E-state index in [1.54, 1.807) is 24.3 Å². The second-order valence-corrected chi connectivity index (χ2v) is 10.7. The number of amides is 2. The second kappa shape index (κ2) is 14.9. The van der Waals surface area contributed by atoms with Gasteiger partial charge in [-0.3, -0.25) is 19.4 Å². The minimum atomic E-state index is -4.62. The van der Waals surface area contributed by atoms with Gasteiger partial charge in [0, 0.05) is 31.4 Å². The number of halogens is 4. The molecular formula is C30H37ClF3N3O4. The van der Waals surface area contributed by atoms with Crippen molar-refractivity contribution >= 4 is 29.1 Å². The minimum Gasteiger partial charge on any atom is -0.494 e. The fraction of sp³-hybridized carbons (Fsp3) is 0.533. The second-order valence-electron chi connectivity index (χ2n) is 10.4. The first kappa shape index (κ1) is 31.1. The third kappa shape index (κ3) is 8.83. The van der Waals surface area contributed by atoms with Gasteiger partial charge in [0.05, 0.1) is 25.4 Å². The van der Waals surface area contributed by atoms with E-state index < -0.39 is 35.5 Å². The molecule has 2 aromatic rings. The first-order chi connectivity index (χ1) is 19.8. The van der Waals surface area contributed by atoms with Gasteiger partial charge >= 0.3 is 6.18 Å². The third-order valence-electron chi connectivity index (χ3n) is 7.48. The topological polar surface area (TPSA) is 71.1 Å². The maximum absolute atomic E-state index is 13.8. The highest BCUT2D eigenvalue weighted by molar-refractivity contribution is 6.29. The molecule has 1 unspecified atom stereocenters. The van der Waals surface area contributed by atoms with Crippen LogP contribution in [0.4, 0.5) is 18.9 Å². The van der Waals surface area contributed by atoms with Gasteiger partial charge < -0.3 is 14.8 Å². The van der Waals surface area contributed by atoms with Crippen LogP contribution in [0.15, 0.2) is 48.5 Å². The Morgan fingerprint density at radius 1 is 1.07 bits per heavy atom. The van der Waals surface area contributed by atoms with Gasteiger partial charge in [0.2, 0.25) is 11.8 Å². The number of carbonyl (C=O) groups excluding carboxylic acids is 2. The Balaban J connectivity index is 1.56. The molecule has 4 rings (SSSR count). The Hall–Kier alpha value is -2.82. The number of carbonyl (C=O) groups is 2. The normalized spacial score (nSPS) is 17.6. The summed E-state index contributed by atoms with van der Waals surface area (Å²) in [7, 11) is 0. The van der Waals surface area contributed by atoms with Crippen molar-refractivity contribution in [3.05, 3.63) is 59.7 Å². The molecule has 2 aliphatic rings. The lowest BCUT2D eigenvalue weighted by molar-refractivity contribution is -0.137. The van der Waals surface area contributed by atoms with Crippen LogP contribution in [-0.2, 0) is 20.5 Å². The molecule has 2 aromatic carbocycles. The Labute approximate surface area is 243 Å². The molecule has 1 saturated heterocycles. The monoisotopic (exact) mass is 595 g/mol. The molecule has 7 nitrogen and oxygen atoms in total. The van der Waals surface area contributed by atoms with Crippen LogP contribution in [0.5, 0.6) is 5.75 Å². The highest BCUT2D eigenvalue weighted by Crippen LogP contribution is 2.35. The van der Waals surface area contributed by atoms with E-state index in [0.717, 1.165) is 88.4 Å². The summed E-state index contributed by atoms with van der Waals surface area (Å²) in [6.07, 6.45) is 0.876. The van der Waals surface area contributed by atoms with Crippen molar-refractivity contribution in [2.24, 2.45) is 0 Å². The number of anilines is 1. The van der Waals surface area contributed by atoms with E-state index in [0.29, 0.717) is 17.9 Å². The van der Waals surface area contributed by atoms with Crippen molar-refractivity contribution in [3.63, 3.8) is 0 Å². The van der Waals surface area contributed by atoms with E-state index in [-0.39, 0.29) is 11.7 Å². The van der Waals surface area contributed by atoms with Crippen molar-refractivity contribution in [1.82, 2.24) is 10.2 Å². The summed E-state index contributed by atoms with van der Waals surface area (Å²) in [5, 5.41) is 3.04. The van der Waals surface area contributed by atoms with Crippen molar-refractivity contribution in [2.75, 3.05) is 50.2 Å². The SMILES string of the molecule is O=C(NC1CCCCC1)C(c1ccc(OCCCN2CCOCC2)cc1)N(C(=O)CCl)c1cccc(C(F)(F)F)c1. The van der Waals surface area contributed by atoms with Crippen molar-refractivity contribution in [1.29, 1.82) is 0 Å². The molecule has 1 atom stereocenters. The van der Waals surface area contributed by atoms with E-state index in [1.807, 2.05) is 0 Å². The van der Waals surface area contributed by atoms with Gasteiger partial charge in [-0.15, -0.1) is 11.6 Å². The molecule has 1 N–H and O–H groups in total. The Bertz CT molecular complexity index is 1140. The summed E-state index contributed by atoms with van der Waals surface area (Å²) in [5.41, 5.74) is -0.540. The quantitative estimate of drug-likeness (QED) is 0.272. The first-order valence-corrected chi connectivity index (χ1v) is 14.7. The summed E-state index contributed by atoms with van der Waals surface area (Å²) in [4.78, 5) is 30.3. The average molecular weight is 596 g/mol. The van der Waals surface area contributed by atoms with E-state index in [1.165, 1.54) is 12.1 Å². The van der Waals surface area contributed by atoms with Crippen LogP contribution >= 0.6 is 11.6 Å². The molecule has 2 amide bonds. The Kier molecular flexibility index (Phi) is 11.3. The third-order valence-corrected chi connectivity index (χ3v) is 7.71. The predicted octanol–water partition coefficient (Wildman–Crippen LogP) is 5.57. The smallest absolute Gasteiger partial charge is 0.416 e. The van der Waals surface area contributed by atoms with Gasteiger partial charge in [0.15, 0.2) is 0 Å². The average Bonchev–Trinajstić information content (AvgIpc) is 2.99. The highest BCUT2D eigenvalue weighted by Gasteiger charge is 2.36. The van der Waals surface area contributed by atoms with Gasteiger partial charge in [-0.05, 0) is 55.2 Å². The van der Waals surface area contributed by atoms with Crippen molar-refractivity contribution < 1.29 is 32.2 Å². The summed E-state index contributed by atoms with van der Waals surface area (Å²) in [5.74, 6) is -1.06. The number of rotatable bonds is 11. The fourth-order valence-electron chi connectivity index (χ4n) is 5.33.